The average molecular weight is 246 g/mol. The van der Waals surface area contributed by atoms with Gasteiger partial charge >= 0.3 is 0 Å². The molecule has 0 atom stereocenters. The number of hydrogen-bond acceptors (Lipinski definition) is 2. The van der Waals surface area contributed by atoms with Crippen LogP contribution < -0.4 is 4.74 Å². The lowest BCUT2D eigenvalue weighted by Crippen LogP contribution is -2.10. The minimum atomic E-state index is -0.105. The molecular formula is C16H22O2. The van der Waals surface area contributed by atoms with Crippen molar-refractivity contribution in [3.8, 4) is 17.6 Å². The first-order valence-electron chi connectivity index (χ1n) is 6.54. The van der Waals surface area contributed by atoms with E-state index in [1.54, 1.807) is 0 Å². The summed E-state index contributed by atoms with van der Waals surface area (Å²) in [5.41, 5.74) is 2.02. The molecule has 1 aromatic rings. The molecule has 0 spiro atoms. The first kappa shape index (κ1) is 14.6. The molecule has 2 nitrogen and oxygen atoms in total. The van der Waals surface area contributed by atoms with Crippen LogP contribution in [0, 0.1) is 24.7 Å². The van der Waals surface area contributed by atoms with Crippen molar-refractivity contribution in [2.45, 2.75) is 33.6 Å². The van der Waals surface area contributed by atoms with Gasteiger partial charge in [-0.1, -0.05) is 38.5 Å². The molecular weight excluding hydrogens is 224 g/mol. The Morgan fingerprint density at radius 3 is 2.56 bits per heavy atom. The van der Waals surface area contributed by atoms with E-state index in [9.17, 15) is 0 Å². The van der Waals surface area contributed by atoms with Gasteiger partial charge in [0.2, 0.25) is 0 Å². The minimum absolute atomic E-state index is 0.105. The first-order chi connectivity index (χ1) is 8.71. The Morgan fingerprint density at radius 2 is 2.00 bits per heavy atom. The zero-order chi connectivity index (χ0) is 13.4. The van der Waals surface area contributed by atoms with E-state index in [1.807, 2.05) is 25.1 Å². The van der Waals surface area contributed by atoms with Crippen LogP contribution in [0.3, 0.4) is 0 Å². The smallest absolute Gasteiger partial charge is 0.119 e. The molecule has 0 bridgehead atoms. The van der Waals surface area contributed by atoms with Crippen LogP contribution in [0.2, 0.25) is 0 Å². The SMILES string of the molecule is CCC(CC)COc1ccc(C#CCO)c(C)c1. The molecule has 0 saturated heterocycles. The molecule has 1 aromatic carbocycles. The number of ether oxygens (including phenoxy) is 1. The lowest BCUT2D eigenvalue weighted by atomic mass is 10.1. The van der Waals surface area contributed by atoms with Crippen molar-refractivity contribution in [2.75, 3.05) is 13.2 Å². The maximum absolute atomic E-state index is 8.67. The molecule has 0 amide bonds. The molecule has 0 aliphatic rings. The quantitative estimate of drug-likeness (QED) is 0.809. The van der Waals surface area contributed by atoms with Crippen LogP contribution in [0.1, 0.15) is 37.8 Å². The van der Waals surface area contributed by atoms with E-state index < -0.39 is 0 Å². The van der Waals surface area contributed by atoms with Gasteiger partial charge < -0.3 is 9.84 Å². The van der Waals surface area contributed by atoms with Gasteiger partial charge in [0.1, 0.15) is 12.4 Å². The summed E-state index contributed by atoms with van der Waals surface area (Å²) in [6.45, 7) is 7.05. The standard InChI is InChI=1S/C16H22O2/c1-4-14(5-2)12-18-16-9-8-15(7-6-10-17)13(3)11-16/h8-9,11,14,17H,4-5,10,12H2,1-3H3. The topological polar surface area (TPSA) is 29.5 Å². The summed E-state index contributed by atoms with van der Waals surface area (Å²) >= 11 is 0. The fourth-order valence-electron chi connectivity index (χ4n) is 1.74. The average Bonchev–Trinajstić information content (AvgIpc) is 2.39. The summed E-state index contributed by atoms with van der Waals surface area (Å²) in [6.07, 6.45) is 2.30. The Hall–Kier alpha value is -1.46. The summed E-state index contributed by atoms with van der Waals surface area (Å²) in [4.78, 5) is 0. The third kappa shape index (κ3) is 4.43. The van der Waals surface area contributed by atoms with Gasteiger partial charge in [0.05, 0.1) is 6.61 Å². The van der Waals surface area contributed by atoms with E-state index in [1.165, 1.54) is 0 Å². The number of aliphatic hydroxyl groups is 1. The molecule has 18 heavy (non-hydrogen) atoms. The van der Waals surface area contributed by atoms with Gasteiger partial charge in [0.25, 0.3) is 0 Å². The molecule has 98 valence electrons. The molecule has 0 aliphatic carbocycles. The Morgan fingerprint density at radius 1 is 1.28 bits per heavy atom. The summed E-state index contributed by atoms with van der Waals surface area (Å²) in [5.74, 6) is 7.10. The van der Waals surface area contributed by atoms with Crippen LogP contribution in [-0.2, 0) is 0 Å². The van der Waals surface area contributed by atoms with Gasteiger partial charge in [0, 0.05) is 5.56 Å². The van der Waals surface area contributed by atoms with Gasteiger partial charge in [-0.05, 0) is 36.6 Å². The normalized spacial score (nSPS) is 10.1. The van der Waals surface area contributed by atoms with Gasteiger partial charge in [0.15, 0.2) is 0 Å². The van der Waals surface area contributed by atoms with Crippen LogP contribution in [-0.4, -0.2) is 18.3 Å². The van der Waals surface area contributed by atoms with Gasteiger partial charge in [-0.2, -0.15) is 0 Å². The summed E-state index contributed by atoms with van der Waals surface area (Å²) in [7, 11) is 0. The van der Waals surface area contributed by atoms with Gasteiger partial charge in [-0.3, -0.25) is 0 Å². The highest BCUT2D eigenvalue weighted by atomic mass is 16.5. The van der Waals surface area contributed by atoms with E-state index in [0.717, 1.165) is 36.3 Å². The third-order valence-corrected chi connectivity index (χ3v) is 3.14. The van der Waals surface area contributed by atoms with Crippen molar-refractivity contribution in [3.63, 3.8) is 0 Å². The Labute approximate surface area is 110 Å². The van der Waals surface area contributed by atoms with E-state index in [-0.39, 0.29) is 6.61 Å². The maximum Gasteiger partial charge on any atom is 0.119 e. The molecule has 2 heteroatoms. The number of aliphatic hydroxyl groups excluding tert-OH is 1. The molecule has 0 aliphatic heterocycles. The second-order valence-corrected chi connectivity index (χ2v) is 4.43. The predicted octanol–water partition coefficient (Wildman–Crippen LogP) is 3.15. The van der Waals surface area contributed by atoms with Crippen LogP contribution >= 0.6 is 0 Å². The fraction of sp³-hybridized carbons (Fsp3) is 0.500. The zero-order valence-electron chi connectivity index (χ0n) is 11.5. The van der Waals surface area contributed by atoms with E-state index in [2.05, 4.69) is 25.7 Å². The molecule has 0 unspecified atom stereocenters. The minimum Gasteiger partial charge on any atom is -0.493 e. The molecule has 0 saturated carbocycles. The zero-order valence-corrected chi connectivity index (χ0v) is 11.5. The summed E-state index contributed by atoms with van der Waals surface area (Å²) in [5, 5.41) is 8.67. The van der Waals surface area contributed by atoms with Crippen molar-refractivity contribution in [1.29, 1.82) is 0 Å². The maximum atomic E-state index is 8.67. The predicted molar refractivity (Wildman–Crippen MR) is 74.7 cm³/mol. The van der Waals surface area contributed by atoms with Gasteiger partial charge in [-0.15, -0.1) is 0 Å². The lowest BCUT2D eigenvalue weighted by Gasteiger charge is -2.14. The van der Waals surface area contributed by atoms with Crippen molar-refractivity contribution < 1.29 is 9.84 Å². The van der Waals surface area contributed by atoms with E-state index in [4.69, 9.17) is 9.84 Å². The van der Waals surface area contributed by atoms with Crippen LogP contribution in [0.4, 0.5) is 0 Å². The molecule has 1 N–H and O–H groups in total. The second-order valence-electron chi connectivity index (χ2n) is 4.43. The van der Waals surface area contributed by atoms with Crippen molar-refractivity contribution >= 4 is 0 Å². The highest BCUT2D eigenvalue weighted by molar-refractivity contribution is 5.44. The highest BCUT2D eigenvalue weighted by Crippen LogP contribution is 2.18. The molecule has 1 rings (SSSR count). The number of aryl methyl sites for hydroxylation is 1. The number of rotatable bonds is 5. The molecule has 0 fully saturated rings. The summed E-state index contributed by atoms with van der Waals surface area (Å²) in [6, 6.07) is 5.89. The number of benzene rings is 1. The van der Waals surface area contributed by atoms with E-state index in [0.29, 0.717) is 5.92 Å². The van der Waals surface area contributed by atoms with Crippen LogP contribution in [0.5, 0.6) is 5.75 Å². The Balaban J connectivity index is 2.66. The largest absolute Gasteiger partial charge is 0.493 e. The van der Waals surface area contributed by atoms with E-state index >= 15 is 0 Å². The highest BCUT2D eigenvalue weighted by Gasteiger charge is 2.05. The third-order valence-electron chi connectivity index (χ3n) is 3.14. The Kier molecular flexibility index (Phi) is 6.32. The second kappa shape index (κ2) is 7.79. The number of hydrogen-bond donors (Lipinski definition) is 1. The van der Waals surface area contributed by atoms with Gasteiger partial charge in [-0.25, -0.2) is 0 Å². The van der Waals surface area contributed by atoms with Crippen molar-refractivity contribution in [1.82, 2.24) is 0 Å². The van der Waals surface area contributed by atoms with Crippen molar-refractivity contribution in [3.05, 3.63) is 29.3 Å². The van der Waals surface area contributed by atoms with Crippen LogP contribution in [0.25, 0.3) is 0 Å². The van der Waals surface area contributed by atoms with Crippen molar-refractivity contribution in [2.24, 2.45) is 5.92 Å². The molecule has 0 heterocycles. The monoisotopic (exact) mass is 246 g/mol. The first-order valence-corrected chi connectivity index (χ1v) is 6.54. The molecule has 0 radical (unpaired) electrons. The lowest BCUT2D eigenvalue weighted by molar-refractivity contribution is 0.240. The Bertz CT molecular complexity index is 422. The summed E-state index contributed by atoms with van der Waals surface area (Å²) < 4.78 is 5.79. The van der Waals surface area contributed by atoms with Crippen LogP contribution in [0.15, 0.2) is 18.2 Å². The molecule has 0 aromatic heterocycles. The fourth-order valence-corrected chi connectivity index (χ4v) is 1.74.